The van der Waals surface area contributed by atoms with E-state index >= 15 is 0 Å². The summed E-state index contributed by atoms with van der Waals surface area (Å²) < 4.78 is 5.62. The fourth-order valence-electron chi connectivity index (χ4n) is 3.20. The van der Waals surface area contributed by atoms with Crippen LogP contribution >= 0.6 is 0 Å². The van der Waals surface area contributed by atoms with Crippen LogP contribution in [-0.2, 0) is 6.42 Å². The summed E-state index contributed by atoms with van der Waals surface area (Å²) in [6, 6.07) is 6.17. The normalized spacial score (nSPS) is 12.4. The minimum absolute atomic E-state index is 0.176. The summed E-state index contributed by atoms with van der Waals surface area (Å²) in [5, 5.41) is 3.68. The molecule has 0 aliphatic carbocycles. The summed E-state index contributed by atoms with van der Waals surface area (Å²) in [6.07, 6.45) is 4.31. The number of hydrogen-bond acceptors (Lipinski definition) is 3. The zero-order valence-corrected chi connectivity index (χ0v) is 16.0. The van der Waals surface area contributed by atoms with E-state index in [2.05, 4.69) is 52.9 Å². The quantitative estimate of drug-likeness (QED) is 0.508. The van der Waals surface area contributed by atoms with Crippen molar-refractivity contribution in [2.75, 3.05) is 18.9 Å². The van der Waals surface area contributed by atoms with Crippen molar-refractivity contribution in [3.05, 3.63) is 23.8 Å². The Morgan fingerprint density at radius 1 is 1.13 bits per heavy atom. The second-order valence-corrected chi connectivity index (χ2v) is 8.37. The highest BCUT2D eigenvalue weighted by atomic mass is 16.5. The van der Waals surface area contributed by atoms with E-state index < -0.39 is 0 Å². The lowest BCUT2D eigenvalue weighted by Gasteiger charge is -2.33. The maximum absolute atomic E-state index is 6.06. The van der Waals surface area contributed by atoms with E-state index in [1.54, 1.807) is 0 Å². The third kappa shape index (κ3) is 8.26. The van der Waals surface area contributed by atoms with Crippen LogP contribution in [0.1, 0.15) is 66.4 Å². The van der Waals surface area contributed by atoms with Gasteiger partial charge in [-0.3, -0.25) is 0 Å². The van der Waals surface area contributed by atoms with Gasteiger partial charge in [-0.05, 0) is 69.2 Å². The first-order chi connectivity index (χ1) is 10.6. The zero-order valence-electron chi connectivity index (χ0n) is 16.0. The minimum Gasteiger partial charge on any atom is -0.491 e. The molecule has 3 nitrogen and oxygen atoms in total. The zero-order chi connectivity index (χ0) is 17.5. The monoisotopic (exact) mass is 320 g/mol. The Kier molecular flexibility index (Phi) is 7.40. The van der Waals surface area contributed by atoms with Gasteiger partial charge in [-0.15, -0.1) is 0 Å². The third-order valence-corrected chi connectivity index (χ3v) is 3.75. The van der Waals surface area contributed by atoms with Crippen LogP contribution in [0.25, 0.3) is 0 Å². The minimum atomic E-state index is 0.176. The molecular weight excluding hydrogens is 284 g/mol. The van der Waals surface area contributed by atoms with Gasteiger partial charge in [-0.25, -0.2) is 0 Å². The van der Waals surface area contributed by atoms with E-state index in [0.717, 1.165) is 50.3 Å². The maximum Gasteiger partial charge on any atom is 0.142 e. The van der Waals surface area contributed by atoms with Gasteiger partial charge in [0, 0.05) is 5.54 Å². The number of aryl methyl sites for hydroxylation is 1. The van der Waals surface area contributed by atoms with Crippen LogP contribution in [0.5, 0.6) is 5.75 Å². The standard InChI is InChI=1S/C20H36N2O/c1-7-13-23-18-11-10-16(14-17(18)21)9-8-12-22-20(5,6)15-19(2,3)4/h10-11,14,22H,7-9,12-13,15,21H2,1-6H3. The predicted molar refractivity (Wildman–Crippen MR) is 101 cm³/mol. The lowest BCUT2D eigenvalue weighted by atomic mass is 9.82. The largest absolute Gasteiger partial charge is 0.491 e. The Balaban J connectivity index is 2.40. The molecular formula is C20H36N2O. The Bertz CT molecular complexity index is 475. The molecule has 0 saturated carbocycles. The average Bonchev–Trinajstić information content (AvgIpc) is 2.40. The van der Waals surface area contributed by atoms with Crippen LogP contribution in [0.15, 0.2) is 18.2 Å². The van der Waals surface area contributed by atoms with Gasteiger partial charge < -0.3 is 15.8 Å². The molecule has 0 unspecified atom stereocenters. The molecule has 0 spiro atoms. The molecule has 0 aliphatic rings. The first-order valence-corrected chi connectivity index (χ1v) is 8.89. The Morgan fingerprint density at radius 3 is 2.39 bits per heavy atom. The highest BCUT2D eigenvalue weighted by molar-refractivity contribution is 5.54. The summed E-state index contributed by atoms with van der Waals surface area (Å²) in [4.78, 5) is 0. The number of anilines is 1. The van der Waals surface area contributed by atoms with E-state index in [1.807, 2.05) is 12.1 Å². The SMILES string of the molecule is CCCOc1ccc(CCCNC(C)(C)CC(C)(C)C)cc1N. The fraction of sp³-hybridized carbons (Fsp3) is 0.700. The van der Waals surface area contributed by atoms with E-state index in [0.29, 0.717) is 5.41 Å². The molecule has 1 aromatic carbocycles. The molecule has 1 rings (SSSR count). The van der Waals surface area contributed by atoms with Gasteiger partial charge in [-0.1, -0.05) is 33.8 Å². The molecule has 0 aliphatic heterocycles. The van der Waals surface area contributed by atoms with Crippen LogP contribution in [0.4, 0.5) is 5.69 Å². The second-order valence-electron chi connectivity index (χ2n) is 8.37. The number of benzene rings is 1. The van der Waals surface area contributed by atoms with E-state index in [-0.39, 0.29) is 5.54 Å². The average molecular weight is 321 g/mol. The predicted octanol–water partition coefficient (Wildman–Crippen LogP) is 4.79. The van der Waals surface area contributed by atoms with Crippen LogP contribution < -0.4 is 15.8 Å². The number of rotatable bonds is 9. The van der Waals surface area contributed by atoms with Crippen molar-refractivity contribution in [2.45, 2.75) is 72.8 Å². The Labute approximate surface area is 143 Å². The fourth-order valence-corrected chi connectivity index (χ4v) is 3.20. The van der Waals surface area contributed by atoms with Crippen LogP contribution in [0, 0.1) is 5.41 Å². The summed E-state index contributed by atoms with van der Waals surface area (Å²) in [6.45, 7) is 15.3. The van der Waals surface area contributed by atoms with Crippen molar-refractivity contribution in [2.24, 2.45) is 5.41 Å². The highest BCUT2D eigenvalue weighted by Crippen LogP contribution is 2.27. The van der Waals surface area contributed by atoms with Crippen molar-refractivity contribution in [1.29, 1.82) is 0 Å². The molecule has 0 radical (unpaired) electrons. The van der Waals surface area contributed by atoms with E-state index in [4.69, 9.17) is 10.5 Å². The maximum atomic E-state index is 6.06. The smallest absolute Gasteiger partial charge is 0.142 e. The van der Waals surface area contributed by atoms with E-state index in [1.165, 1.54) is 5.56 Å². The van der Waals surface area contributed by atoms with Crippen LogP contribution in [0.3, 0.4) is 0 Å². The van der Waals surface area contributed by atoms with Crippen molar-refractivity contribution in [3.8, 4) is 5.75 Å². The van der Waals surface area contributed by atoms with Gasteiger partial charge >= 0.3 is 0 Å². The van der Waals surface area contributed by atoms with Gasteiger partial charge in [0.15, 0.2) is 0 Å². The molecule has 0 bridgehead atoms. The molecule has 132 valence electrons. The van der Waals surface area contributed by atoms with Gasteiger partial charge in [0.2, 0.25) is 0 Å². The molecule has 0 aromatic heterocycles. The molecule has 3 N–H and O–H groups in total. The summed E-state index contributed by atoms with van der Waals surface area (Å²) in [5.41, 5.74) is 8.61. The van der Waals surface area contributed by atoms with Crippen molar-refractivity contribution in [3.63, 3.8) is 0 Å². The second kappa shape index (κ2) is 8.58. The van der Waals surface area contributed by atoms with Crippen molar-refractivity contribution >= 4 is 5.69 Å². The molecule has 1 aromatic rings. The number of ether oxygens (including phenoxy) is 1. The lowest BCUT2D eigenvalue weighted by Crippen LogP contribution is -2.42. The van der Waals surface area contributed by atoms with Gasteiger partial charge in [0.05, 0.1) is 12.3 Å². The van der Waals surface area contributed by atoms with Crippen LogP contribution in [0.2, 0.25) is 0 Å². The van der Waals surface area contributed by atoms with Crippen molar-refractivity contribution in [1.82, 2.24) is 5.32 Å². The van der Waals surface area contributed by atoms with Gasteiger partial charge in [0.25, 0.3) is 0 Å². The lowest BCUT2D eigenvalue weighted by molar-refractivity contribution is 0.242. The van der Waals surface area contributed by atoms with Crippen molar-refractivity contribution < 1.29 is 4.74 Å². The molecule has 0 saturated heterocycles. The van der Waals surface area contributed by atoms with Crippen LogP contribution in [-0.4, -0.2) is 18.7 Å². The highest BCUT2D eigenvalue weighted by Gasteiger charge is 2.24. The summed E-state index contributed by atoms with van der Waals surface area (Å²) in [7, 11) is 0. The number of hydrogen-bond donors (Lipinski definition) is 2. The molecule has 0 fully saturated rings. The summed E-state index contributed by atoms with van der Waals surface area (Å²) >= 11 is 0. The first-order valence-electron chi connectivity index (χ1n) is 8.89. The first kappa shape index (κ1) is 19.8. The Hall–Kier alpha value is -1.22. The Morgan fingerprint density at radius 2 is 1.83 bits per heavy atom. The topological polar surface area (TPSA) is 47.3 Å². The van der Waals surface area contributed by atoms with Gasteiger partial charge in [-0.2, -0.15) is 0 Å². The third-order valence-electron chi connectivity index (χ3n) is 3.75. The van der Waals surface area contributed by atoms with E-state index in [9.17, 15) is 0 Å². The summed E-state index contributed by atoms with van der Waals surface area (Å²) in [5.74, 6) is 0.806. The molecule has 3 heteroatoms. The molecule has 23 heavy (non-hydrogen) atoms. The number of nitrogens with two attached hydrogens (primary N) is 1. The molecule has 0 atom stereocenters. The molecule has 0 amide bonds. The number of nitrogens with one attached hydrogen (secondary N) is 1. The molecule has 0 heterocycles. The van der Waals surface area contributed by atoms with Gasteiger partial charge in [0.1, 0.15) is 5.75 Å². The number of nitrogen functional groups attached to an aromatic ring is 1.